The zero-order valence-electron chi connectivity index (χ0n) is 11.8. The maximum Gasteiger partial charge on any atom is 0.233 e. The van der Waals surface area contributed by atoms with Crippen LogP contribution in [-0.2, 0) is 11.3 Å². The van der Waals surface area contributed by atoms with E-state index in [9.17, 15) is 4.79 Å². The number of aromatic amines is 1. The summed E-state index contributed by atoms with van der Waals surface area (Å²) in [5.74, 6) is 0.726. The molecule has 3 aromatic heterocycles. The fourth-order valence-corrected chi connectivity index (χ4v) is 3.82. The molecule has 0 radical (unpaired) electrons. The lowest BCUT2D eigenvalue weighted by atomic mass is 10.4. The lowest BCUT2D eigenvalue weighted by molar-refractivity contribution is -0.120. The van der Waals surface area contributed by atoms with Crippen LogP contribution in [0.1, 0.15) is 11.8 Å². The van der Waals surface area contributed by atoms with E-state index in [0.29, 0.717) is 11.7 Å². The number of carbonyl (C=O) groups is 1. The van der Waals surface area contributed by atoms with Crippen LogP contribution < -0.4 is 5.32 Å². The Morgan fingerprint density at radius 1 is 1.36 bits per heavy atom. The number of hydrogen-bond donors (Lipinski definition) is 2. The van der Waals surface area contributed by atoms with E-state index in [4.69, 9.17) is 0 Å². The average Bonchev–Trinajstić information content (AvgIpc) is 3.25. The molecular formula is C14H14N4OS3. The highest BCUT2D eigenvalue weighted by Gasteiger charge is 2.17. The summed E-state index contributed by atoms with van der Waals surface area (Å²) in [7, 11) is 0. The summed E-state index contributed by atoms with van der Waals surface area (Å²) in [6.45, 7) is 2.42. The molecule has 3 rings (SSSR count). The zero-order valence-corrected chi connectivity index (χ0v) is 14.2. The molecule has 8 heteroatoms. The molecule has 3 heterocycles. The number of carbonyl (C=O) groups excluding carboxylic acids is 1. The molecule has 0 unspecified atom stereocenters. The van der Waals surface area contributed by atoms with Gasteiger partial charge >= 0.3 is 0 Å². The minimum Gasteiger partial charge on any atom is -0.350 e. The summed E-state index contributed by atoms with van der Waals surface area (Å²) < 4.78 is 0. The van der Waals surface area contributed by atoms with Crippen LogP contribution in [0.5, 0.6) is 0 Å². The Kier molecular flexibility index (Phi) is 4.91. The van der Waals surface area contributed by atoms with Gasteiger partial charge in [-0.25, -0.2) is 4.98 Å². The maximum absolute atomic E-state index is 12.1. The van der Waals surface area contributed by atoms with Gasteiger partial charge in [0.1, 0.15) is 0 Å². The zero-order chi connectivity index (χ0) is 15.4. The standard InChI is InChI=1S/C14H14N4OS3/c1-9(13(19)15-8-10-4-2-6-20-10)22-14-16-12(17-18-14)11-5-3-7-21-11/h2-7,9H,8H2,1H3,(H,15,19)(H,16,17,18)/t9-/m1/s1. The van der Waals surface area contributed by atoms with Crippen molar-refractivity contribution in [1.29, 1.82) is 0 Å². The fourth-order valence-electron chi connectivity index (χ4n) is 1.77. The number of nitrogens with zero attached hydrogens (tertiary/aromatic N) is 2. The Morgan fingerprint density at radius 3 is 2.91 bits per heavy atom. The van der Waals surface area contributed by atoms with Crippen LogP contribution in [0.2, 0.25) is 0 Å². The molecule has 0 spiro atoms. The van der Waals surface area contributed by atoms with E-state index in [2.05, 4.69) is 20.5 Å². The number of amides is 1. The molecule has 114 valence electrons. The van der Waals surface area contributed by atoms with Gasteiger partial charge in [0.2, 0.25) is 11.1 Å². The SMILES string of the molecule is C[C@@H](Sc1n[nH]c(-c2cccs2)n1)C(=O)NCc1cccs1. The van der Waals surface area contributed by atoms with Crippen LogP contribution in [0.3, 0.4) is 0 Å². The highest BCUT2D eigenvalue weighted by molar-refractivity contribution is 8.00. The predicted octanol–water partition coefficient (Wildman–Crippen LogP) is 3.39. The Morgan fingerprint density at radius 2 is 2.18 bits per heavy atom. The highest BCUT2D eigenvalue weighted by atomic mass is 32.2. The summed E-state index contributed by atoms with van der Waals surface area (Å²) in [6.07, 6.45) is 0. The van der Waals surface area contributed by atoms with Gasteiger partial charge in [-0.1, -0.05) is 23.9 Å². The van der Waals surface area contributed by atoms with Gasteiger partial charge < -0.3 is 5.32 Å². The first-order chi connectivity index (χ1) is 10.7. The third-order valence-electron chi connectivity index (χ3n) is 2.89. The van der Waals surface area contributed by atoms with Gasteiger partial charge in [-0.2, -0.15) is 0 Å². The van der Waals surface area contributed by atoms with Gasteiger partial charge in [-0.3, -0.25) is 9.89 Å². The molecule has 0 aliphatic carbocycles. The molecule has 3 aromatic rings. The number of thioether (sulfide) groups is 1. The lowest BCUT2D eigenvalue weighted by Gasteiger charge is -2.09. The topological polar surface area (TPSA) is 70.7 Å². The van der Waals surface area contributed by atoms with Gasteiger partial charge in [0.25, 0.3) is 0 Å². The van der Waals surface area contributed by atoms with Crippen molar-refractivity contribution >= 4 is 40.3 Å². The number of nitrogens with one attached hydrogen (secondary N) is 2. The van der Waals surface area contributed by atoms with Crippen molar-refractivity contribution in [3.05, 3.63) is 39.9 Å². The van der Waals surface area contributed by atoms with Crippen molar-refractivity contribution in [2.75, 3.05) is 0 Å². The Balaban J connectivity index is 1.54. The number of aromatic nitrogens is 3. The third-order valence-corrected chi connectivity index (χ3v) is 5.60. The second kappa shape index (κ2) is 7.08. The number of hydrogen-bond acceptors (Lipinski definition) is 6. The number of thiophene rings is 2. The lowest BCUT2D eigenvalue weighted by Crippen LogP contribution is -2.30. The Bertz CT molecular complexity index is 721. The molecule has 0 aliphatic rings. The normalized spacial score (nSPS) is 12.2. The van der Waals surface area contributed by atoms with Crippen LogP contribution in [0, 0.1) is 0 Å². The molecular weight excluding hydrogens is 336 g/mol. The quantitative estimate of drug-likeness (QED) is 0.669. The minimum atomic E-state index is -0.244. The summed E-state index contributed by atoms with van der Waals surface area (Å²) in [5.41, 5.74) is 0. The first kappa shape index (κ1) is 15.3. The monoisotopic (exact) mass is 350 g/mol. The molecule has 22 heavy (non-hydrogen) atoms. The third kappa shape index (κ3) is 3.76. The highest BCUT2D eigenvalue weighted by Crippen LogP contribution is 2.25. The second-order valence-corrected chi connectivity index (χ2v) is 7.79. The van der Waals surface area contributed by atoms with E-state index in [-0.39, 0.29) is 11.2 Å². The van der Waals surface area contributed by atoms with Crippen molar-refractivity contribution in [3.63, 3.8) is 0 Å². The van der Waals surface area contributed by atoms with E-state index >= 15 is 0 Å². The molecule has 0 aliphatic heterocycles. The van der Waals surface area contributed by atoms with Gasteiger partial charge in [-0.05, 0) is 29.8 Å². The van der Waals surface area contributed by atoms with Crippen molar-refractivity contribution in [1.82, 2.24) is 20.5 Å². The van der Waals surface area contributed by atoms with Gasteiger partial charge in [-0.15, -0.1) is 27.8 Å². The van der Waals surface area contributed by atoms with E-state index in [0.717, 1.165) is 15.6 Å². The molecule has 0 saturated carbocycles. The number of rotatable bonds is 6. The van der Waals surface area contributed by atoms with E-state index < -0.39 is 0 Å². The van der Waals surface area contributed by atoms with Crippen molar-refractivity contribution in [2.45, 2.75) is 23.9 Å². The summed E-state index contributed by atoms with van der Waals surface area (Å²) in [4.78, 5) is 18.7. The molecule has 5 nitrogen and oxygen atoms in total. The summed E-state index contributed by atoms with van der Waals surface area (Å²) in [6, 6.07) is 7.93. The molecule has 1 atom stereocenters. The predicted molar refractivity (Wildman–Crippen MR) is 91.2 cm³/mol. The molecule has 0 aromatic carbocycles. The van der Waals surface area contributed by atoms with E-state index in [1.165, 1.54) is 11.8 Å². The Hall–Kier alpha value is -1.64. The number of H-pyrrole nitrogens is 1. The minimum absolute atomic E-state index is 0.0131. The van der Waals surface area contributed by atoms with Crippen molar-refractivity contribution in [3.8, 4) is 10.7 Å². The van der Waals surface area contributed by atoms with Gasteiger partial charge in [0.15, 0.2) is 5.82 Å². The first-order valence-corrected chi connectivity index (χ1v) is 9.29. The van der Waals surface area contributed by atoms with Gasteiger partial charge in [0.05, 0.1) is 16.7 Å². The van der Waals surface area contributed by atoms with Crippen LogP contribution in [0.4, 0.5) is 0 Å². The average molecular weight is 350 g/mol. The summed E-state index contributed by atoms with van der Waals surface area (Å²) >= 11 is 4.58. The molecule has 1 amide bonds. The fraction of sp³-hybridized carbons (Fsp3) is 0.214. The van der Waals surface area contributed by atoms with Crippen LogP contribution in [-0.4, -0.2) is 26.3 Å². The van der Waals surface area contributed by atoms with Crippen molar-refractivity contribution < 1.29 is 4.79 Å². The molecule has 2 N–H and O–H groups in total. The summed E-state index contributed by atoms with van der Waals surface area (Å²) in [5, 5.41) is 14.3. The smallest absolute Gasteiger partial charge is 0.233 e. The first-order valence-electron chi connectivity index (χ1n) is 6.65. The largest absolute Gasteiger partial charge is 0.350 e. The Labute approximate surface area is 140 Å². The van der Waals surface area contributed by atoms with Crippen LogP contribution in [0.15, 0.2) is 40.2 Å². The maximum atomic E-state index is 12.1. The second-order valence-electron chi connectivity index (χ2n) is 4.50. The van der Waals surface area contributed by atoms with Crippen LogP contribution in [0.25, 0.3) is 10.7 Å². The van der Waals surface area contributed by atoms with Gasteiger partial charge in [0, 0.05) is 4.88 Å². The molecule has 0 saturated heterocycles. The molecule has 0 bridgehead atoms. The molecule has 0 fully saturated rings. The van der Waals surface area contributed by atoms with E-state index in [1.807, 2.05) is 41.9 Å². The van der Waals surface area contributed by atoms with E-state index in [1.54, 1.807) is 22.7 Å². The van der Waals surface area contributed by atoms with Crippen LogP contribution >= 0.6 is 34.4 Å². The van der Waals surface area contributed by atoms with Crippen molar-refractivity contribution in [2.24, 2.45) is 0 Å².